The summed E-state index contributed by atoms with van der Waals surface area (Å²) in [5.41, 5.74) is 2.51. The highest BCUT2D eigenvalue weighted by Gasteiger charge is 2.22. The van der Waals surface area contributed by atoms with E-state index in [1.54, 1.807) is 0 Å². The quantitative estimate of drug-likeness (QED) is 0.635. The zero-order chi connectivity index (χ0) is 20.9. The van der Waals surface area contributed by atoms with Gasteiger partial charge in [-0.1, -0.05) is 29.8 Å². The Balaban J connectivity index is 1.91. The maximum Gasteiger partial charge on any atom is 0.243 e. The Kier molecular flexibility index (Phi) is 7.17. The number of sulfonamides is 1. The van der Waals surface area contributed by atoms with Gasteiger partial charge < -0.3 is 10.6 Å². The number of rotatable bonds is 7. The number of nitrogens with one attached hydrogen (secondary N) is 3. The van der Waals surface area contributed by atoms with E-state index in [2.05, 4.69) is 15.4 Å². The molecule has 0 aliphatic rings. The SMILES string of the molecule is Cc1cccc(C)c1NC(=O)CNC(=O)[C@H](C)NS(=O)(=O)c1ccc(Cl)cc1. The molecule has 1 atom stereocenters. The Morgan fingerprint density at radius 3 is 2.18 bits per heavy atom. The topological polar surface area (TPSA) is 104 Å². The van der Waals surface area contributed by atoms with Crippen molar-refractivity contribution < 1.29 is 18.0 Å². The molecular weight excluding hydrogens is 402 g/mol. The van der Waals surface area contributed by atoms with Crippen molar-refractivity contribution in [3.05, 3.63) is 58.6 Å². The second kappa shape index (κ2) is 9.18. The summed E-state index contributed by atoms with van der Waals surface area (Å²) in [7, 11) is -3.89. The van der Waals surface area contributed by atoms with E-state index in [1.165, 1.54) is 31.2 Å². The van der Waals surface area contributed by atoms with E-state index in [1.807, 2.05) is 32.0 Å². The molecular formula is C19H22ClN3O4S. The molecule has 0 aromatic heterocycles. The third-order valence-electron chi connectivity index (χ3n) is 4.02. The third kappa shape index (κ3) is 5.79. The highest BCUT2D eigenvalue weighted by Crippen LogP contribution is 2.19. The number of carbonyl (C=O) groups excluding carboxylic acids is 2. The number of benzene rings is 2. The van der Waals surface area contributed by atoms with Gasteiger partial charge in [0.25, 0.3) is 0 Å². The van der Waals surface area contributed by atoms with Crippen molar-refractivity contribution in [2.24, 2.45) is 0 Å². The van der Waals surface area contributed by atoms with Crippen LogP contribution in [0.5, 0.6) is 0 Å². The van der Waals surface area contributed by atoms with Gasteiger partial charge in [-0.25, -0.2) is 8.42 Å². The fourth-order valence-corrected chi connectivity index (χ4v) is 3.81. The van der Waals surface area contributed by atoms with Crippen LogP contribution in [-0.4, -0.2) is 32.8 Å². The number of hydrogen-bond donors (Lipinski definition) is 3. The molecule has 150 valence electrons. The van der Waals surface area contributed by atoms with Gasteiger partial charge in [-0.05, 0) is 56.2 Å². The van der Waals surface area contributed by atoms with E-state index in [9.17, 15) is 18.0 Å². The van der Waals surface area contributed by atoms with Crippen LogP contribution >= 0.6 is 11.6 Å². The second-order valence-corrected chi connectivity index (χ2v) is 8.48. The molecule has 0 unspecified atom stereocenters. The van der Waals surface area contributed by atoms with Crippen molar-refractivity contribution in [2.45, 2.75) is 31.7 Å². The summed E-state index contributed by atoms with van der Waals surface area (Å²) in [6.45, 7) is 4.86. The summed E-state index contributed by atoms with van der Waals surface area (Å²) < 4.78 is 26.9. The number of hydrogen-bond acceptors (Lipinski definition) is 4. The van der Waals surface area contributed by atoms with Crippen LogP contribution in [0.25, 0.3) is 0 Å². The largest absolute Gasteiger partial charge is 0.346 e. The van der Waals surface area contributed by atoms with Gasteiger partial charge in [0.05, 0.1) is 17.5 Å². The minimum absolute atomic E-state index is 0.00989. The number of halogens is 1. The molecule has 0 spiro atoms. The number of amides is 2. The Labute approximate surface area is 169 Å². The molecule has 2 rings (SSSR count). The summed E-state index contributed by atoms with van der Waals surface area (Å²) in [6, 6.07) is 10.1. The maximum absolute atomic E-state index is 12.3. The van der Waals surface area contributed by atoms with E-state index in [0.717, 1.165) is 11.1 Å². The number of aryl methyl sites for hydroxylation is 2. The van der Waals surface area contributed by atoms with Crippen LogP contribution in [-0.2, 0) is 19.6 Å². The van der Waals surface area contributed by atoms with Gasteiger partial charge in [-0.15, -0.1) is 0 Å². The van der Waals surface area contributed by atoms with Gasteiger partial charge in [0.15, 0.2) is 0 Å². The van der Waals surface area contributed by atoms with E-state index in [-0.39, 0.29) is 11.4 Å². The molecule has 0 aliphatic carbocycles. The maximum atomic E-state index is 12.3. The molecule has 0 heterocycles. The first-order valence-corrected chi connectivity index (χ1v) is 10.4. The zero-order valence-electron chi connectivity index (χ0n) is 15.7. The lowest BCUT2D eigenvalue weighted by Gasteiger charge is -2.15. The van der Waals surface area contributed by atoms with Crippen LogP contribution < -0.4 is 15.4 Å². The van der Waals surface area contributed by atoms with Gasteiger partial charge in [0, 0.05) is 10.7 Å². The molecule has 0 fully saturated rings. The molecule has 0 aliphatic heterocycles. The third-order valence-corrected chi connectivity index (χ3v) is 5.83. The lowest BCUT2D eigenvalue weighted by molar-refractivity contribution is -0.125. The van der Waals surface area contributed by atoms with E-state index < -0.39 is 27.9 Å². The monoisotopic (exact) mass is 423 g/mol. The highest BCUT2D eigenvalue weighted by molar-refractivity contribution is 7.89. The molecule has 0 radical (unpaired) electrons. The first-order valence-electron chi connectivity index (χ1n) is 8.52. The average molecular weight is 424 g/mol. The van der Waals surface area contributed by atoms with E-state index in [0.29, 0.717) is 10.7 Å². The minimum Gasteiger partial charge on any atom is -0.346 e. The van der Waals surface area contributed by atoms with Crippen LogP contribution in [0.15, 0.2) is 47.4 Å². The zero-order valence-corrected chi connectivity index (χ0v) is 17.3. The van der Waals surface area contributed by atoms with Crippen LogP contribution in [0, 0.1) is 13.8 Å². The van der Waals surface area contributed by atoms with Gasteiger partial charge in [0.1, 0.15) is 0 Å². The van der Waals surface area contributed by atoms with Crippen molar-refractivity contribution in [3.8, 4) is 0 Å². The van der Waals surface area contributed by atoms with Gasteiger partial charge in [-0.2, -0.15) is 4.72 Å². The van der Waals surface area contributed by atoms with Crippen molar-refractivity contribution >= 4 is 39.1 Å². The van der Waals surface area contributed by atoms with Gasteiger partial charge in [0.2, 0.25) is 21.8 Å². The number of carbonyl (C=O) groups is 2. The molecule has 2 amide bonds. The summed E-state index contributed by atoms with van der Waals surface area (Å²) >= 11 is 5.75. The molecule has 2 aromatic carbocycles. The fourth-order valence-electron chi connectivity index (χ4n) is 2.48. The molecule has 0 saturated heterocycles. The van der Waals surface area contributed by atoms with Gasteiger partial charge in [-0.3, -0.25) is 9.59 Å². The molecule has 0 bridgehead atoms. The predicted molar refractivity (Wildman–Crippen MR) is 109 cm³/mol. The summed E-state index contributed by atoms with van der Waals surface area (Å²) in [5, 5.41) is 5.58. The standard InChI is InChI=1S/C19H22ClN3O4S/c1-12-5-4-6-13(2)18(12)22-17(24)11-21-19(25)14(3)23-28(26,27)16-9-7-15(20)8-10-16/h4-10,14,23H,11H2,1-3H3,(H,21,25)(H,22,24)/t14-/m0/s1. The number of para-hydroxylation sites is 1. The summed E-state index contributed by atoms with van der Waals surface area (Å²) in [4.78, 5) is 24.3. The number of anilines is 1. The van der Waals surface area contributed by atoms with E-state index >= 15 is 0 Å². The summed E-state index contributed by atoms with van der Waals surface area (Å²) in [5.74, 6) is -1.02. The van der Waals surface area contributed by atoms with E-state index in [4.69, 9.17) is 11.6 Å². The Morgan fingerprint density at radius 2 is 1.61 bits per heavy atom. The second-order valence-electron chi connectivity index (χ2n) is 6.33. The Hall–Kier alpha value is -2.42. The van der Waals surface area contributed by atoms with Crippen LogP contribution in [0.3, 0.4) is 0 Å². The van der Waals surface area contributed by atoms with Crippen molar-refractivity contribution in [1.29, 1.82) is 0 Å². The molecule has 7 nitrogen and oxygen atoms in total. The molecule has 28 heavy (non-hydrogen) atoms. The average Bonchev–Trinajstić information content (AvgIpc) is 2.62. The van der Waals surface area contributed by atoms with Crippen LogP contribution in [0.1, 0.15) is 18.1 Å². The minimum atomic E-state index is -3.89. The molecule has 3 N–H and O–H groups in total. The predicted octanol–water partition coefficient (Wildman–Crippen LogP) is 2.38. The summed E-state index contributed by atoms with van der Waals surface area (Å²) in [6.07, 6.45) is 0. The van der Waals surface area contributed by atoms with Crippen molar-refractivity contribution in [2.75, 3.05) is 11.9 Å². The lowest BCUT2D eigenvalue weighted by atomic mass is 10.1. The van der Waals surface area contributed by atoms with Gasteiger partial charge >= 0.3 is 0 Å². The highest BCUT2D eigenvalue weighted by atomic mass is 35.5. The molecule has 2 aromatic rings. The van der Waals surface area contributed by atoms with Crippen molar-refractivity contribution in [1.82, 2.24) is 10.0 Å². The van der Waals surface area contributed by atoms with Crippen molar-refractivity contribution in [3.63, 3.8) is 0 Å². The normalized spacial score (nSPS) is 12.3. The lowest BCUT2D eigenvalue weighted by Crippen LogP contribution is -2.46. The fraction of sp³-hybridized carbons (Fsp3) is 0.263. The Bertz CT molecular complexity index is 955. The first kappa shape index (κ1) is 21.9. The smallest absolute Gasteiger partial charge is 0.243 e. The van der Waals surface area contributed by atoms with Crippen LogP contribution in [0.2, 0.25) is 5.02 Å². The molecule has 9 heteroatoms. The van der Waals surface area contributed by atoms with Crippen LogP contribution in [0.4, 0.5) is 5.69 Å². The first-order chi connectivity index (χ1) is 13.1. The Morgan fingerprint density at radius 1 is 1.04 bits per heavy atom. The molecule has 0 saturated carbocycles.